The summed E-state index contributed by atoms with van der Waals surface area (Å²) in [6.07, 6.45) is -0.142. The molecule has 3 aromatic rings. The van der Waals surface area contributed by atoms with Crippen LogP contribution in [0.5, 0.6) is 0 Å². The molecule has 0 atom stereocenters. The lowest BCUT2D eigenvalue weighted by molar-refractivity contribution is -0.116. The van der Waals surface area contributed by atoms with Gasteiger partial charge in [-0.25, -0.2) is 26.9 Å². The summed E-state index contributed by atoms with van der Waals surface area (Å²) in [6, 6.07) is 6.07. The topological polar surface area (TPSA) is 88.2 Å². The number of rotatable bonds is 7. The number of amides is 1. The van der Waals surface area contributed by atoms with Crippen LogP contribution >= 0.6 is 22.7 Å². The highest BCUT2D eigenvalue weighted by Crippen LogP contribution is 2.28. The van der Waals surface area contributed by atoms with Crippen LogP contribution in [-0.2, 0) is 14.8 Å². The second-order valence-electron chi connectivity index (χ2n) is 5.29. The molecule has 0 aliphatic carbocycles. The largest absolute Gasteiger partial charge is 0.302 e. The van der Waals surface area contributed by atoms with Crippen molar-refractivity contribution >= 4 is 43.7 Å². The van der Waals surface area contributed by atoms with E-state index in [2.05, 4.69) is 15.0 Å². The normalized spacial score (nSPS) is 11.5. The first-order valence-electron chi connectivity index (χ1n) is 7.59. The molecule has 11 heteroatoms. The molecule has 0 radical (unpaired) electrons. The number of anilines is 1. The summed E-state index contributed by atoms with van der Waals surface area (Å²) in [5.41, 5.74) is 0.754. The molecule has 0 spiro atoms. The Morgan fingerprint density at radius 1 is 1.15 bits per heavy atom. The summed E-state index contributed by atoms with van der Waals surface area (Å²) in [5.74, 6) is -2.82. The van der Waals surface area contributed by atoms with Gasteiger partial charge in [0.05, 0.1) is 15.5 Å². The van der Waals surface area contributed by atoms with E-state index in [9.17, 15) is 22.0 Å². The summed E-state index contributed by atoms with van der Waals surface area (Å²) >= 11 is 2.79. The first-order chi connectivity index (χ1) is 12.8. The van der Waals surface area contributed by atoms with Gasteiger partial charge in [-0.15, -0.1) is 22.7 Å². The molecule has 0 aliphatic heterocycles. The molecule has 0 fully saturated rings. The van der Waals surface area contributed by atoms with Crippen LogP contribution in [0.15, 0.2) is 46.0 Å². The van der Waals surface area contributed by atoms with Crippen LogP contribution in [0.25, 0.3) is 10.6 Å². The van der Waals surface area contributed by atoms with Gasteiger partial charge in [0.1, 0.15) is 0 Å². The number of hydrogen-bond donors (Lipinski definition) is 2. The summed E-state index contributed by atoms with van der Waals surface area (Å²) in [5, 5.41) is 6.74. The van der Waals surface area contributed by atoms with Crippen LogP contribution in [0, 0.1) is 11.6 Å². The van der Waals surface area contributed by atoms with Crippen LogP contribution < -0.4 is 10.0 Å². The first kappa shape index (κ1) is 19.5. The molecule has 27 heavy (non-hydrogen) atoms. The van der Waals surface area contributed by atoms with E-state index in [1.807, 2.05) is 22.9 Å². The van der Waals surface area contributed by atoms with Gasteiger partial charge in [-0.1, -0.05) is 6.07 Å². The third-order valence-corrected chi connectivity index (χ3v) is 6.48. The van der Waals surface area contributed by atoms with Gasteiger partial charge >= 0.3 is 0 Å². The fourth-order valence-electron chi connectivity index (χ4n) is 2.08. The minimum atomic E-state index is -4.04. The number of nitrogens with zero attached hydrogens (tertiary/aromatic N) is 1. The van der Waals surface area contributed by atoms with Crippen molar-refractivity contribution in [3.63, 3.8) is 0 Å². The molecule has 2 N–H and O–H groups in total. The van der Waals surface area contributed by atoms with Crippen LogP contribution in [-0.4, -0.2) is 25.9 Å². The third-order valence-electron chi connectivity index (χ3n) is 3.37. The van der Waals surface area contributed by atoms with Gasteiger partial charge in [-0.3, -0.25) is 4.79 Å². The van der Waals surface area contributed by atoms with Crippen molar-refractivity contribution in [3.8, 4) is 10.6 Å². The van der Waals surface area contributed by atoms with Crippen LogP contribution in [0.2, 0.25) is 0 Å². The van der Waals surface area contributed by atoms with Crippen molar-refractivity contribution in [2.24, 2.45) is 0 Å². The van der Waals surface area contributed by atoms with Crippen LogP contribution in [0.4, 0.5) is 13.9 Å². The van der Waals surface area contributed by atoms with Crippen LogP contribution in [0.1, 0.15) is 6.42 Å². The first-order valence-corrected chi connectivity index (χ1v) is 10.8. The van der Waals surface area contributed by atoms with Gasteiger partial charge in [-0.05, 0) is 29.6 Å². The van der Waals surface area contributed by atoms with E-state index >= 15 is 0 Å². The summed E-state index contributed by atoms with van der Waals surface area (Å²) in [4.78, 5) is 16.8. The predicted molar refractivity (Wildman–Crippen MR) is 100 cm³/mol. The number of thiazole rings is 1. The molecule has 142 valence electrons. The van der Waals surface area contributed by atoms with Gasteiger partial charge in [0, 0.05) is 18.3 Å². The molecular weight excluding hydrogens is 416 g/mol. The molecule has 2 heterocycles. The molecule has 1 amide bonds. The minimum absolute atomic E-state index is 0.142. The van der Waals surface area contributed by atoms with Gasteiger partial charge in [0.25, 0.3) is 0 Å². The number of carbonyl (C=O) groups is 1. The molecule has 0 bridgehead atoms. The predicted octanol–water partition coefficient (Wildman–Crippen LogP) is 3.46. The second-order valence-corrected chi connectivity index (χ2v) is 8.86. The van der Waals surface area contributed by atoms with Gasteiger partial charge < -0.3 is 5.32 Å². The number of benzene rings is 1. The maximum Gasteiger partial charge on any atom is 0.240 e. The average Bonchev–Trinajstić information content (AvgIpc) is 3.28. The SMILES string of the molecule is O=C(CCNS(=O)(=O)c1ccc(F)c(F)c1)Nc1nc(-c2cccs2)cs1. The van der Waals surface area contributed by atoms with Crippen LogP contribution in [0.3, 0.4) is 0 Å². The van der Waals surface area contributed by atoms with E-state index in [1.54, 1.807) is 0 Å². The number of aromatic nitrogens is 1. The van der Waals surface area contributed by atoms with Crippen molar-refractivity contribution in [3.05, 3.63) is 52.7 Å². The van der Waals surface area contributed by atoms with E-state index in [0.29, 0.717) is 11.2 Å². The number of hydrogen-bond acceptors (Lipinski definition) is 6. The number of carbonyl (C=O) groups excluding carboxylic acids is 1. The highest BCUT2D eigenvalue weighted by Gasteiger charge is 2.17. The smallest absolute Gasteiger partial charge is 0.240 e. The van der Waals surface area contributed by atoms with Gasteiger partial charge in [0.15, 0.2) is 16.8 Å². The maximum atomic E-state index is 13.2. The zero-order valence-corrected chi connectivity index (χ0v) is 16.1. The molecular formula is C16H13F2N3O3S3. The zero-order valence-electron chi connectivity index (χ0n) is 13.6. The molecule has 2 aromatic heterocycles. The lowest BCUT2D eigenvalue weighted by Gasteiger charge is -2.07. The highest BCUT2D eigenvalue weighted by molar-refractivity contribution is 7.89. The molecule has 6 nitrogen and oxygen atoms in total. The van der Waals surface area contributed by atoms with Crippen molar-refractivity contribution in [1.82, 2.24) is 9.71 Å². The minimum Gasteiger partial charge on any atom is -0.302 e. The lowest BCUT2D eigenvalue weighted by Crippen LogP contribution is -2.28. The Hall–Kier alpha value is -2.21. The Kier molecular flexibility index (Phi) is 5.95. The third kappa shape index (κ3) is 4.95. The lowest BCUT2D eigenvalue weighted by atomic mass is 10.3. The monoisotopic (exact) mass is 429 g/mol. The van der Waals surface area contributed by atoms with E-state index in [4.69, 9.17) is 0 Å². The standard InChI is InChI=1S/C16H13F2N3O3S3/c17-11-4-3-10(8-12(11)18)27(23,24)19-6-5-15(22)21-16-20-13(9-26-16)14-2-1-7-25-14/h1-4,7-9,19H,5-6H2,(H,20,21,22). The van der Waals surface area contributed by atoms with Crippen molar-refractivity contribution < 1.29 is 22.0 Å². The Morgan fingerprint density at radius 3 is 2.67 bits per heavy atom. The Labute approximate surface area is 161 Å². The van der Waals surface area contributed by atoms with Gasteiger partial charge in [0.2, 0.25) is 15.9 Å². The zero-order chi connectivity index (χ0) is 19.4. The fraction of sp³-hybridized carbons (Fsp3) is 0.125. The maximum absolute atomic E-state index is 13.2. The molecule has 0 saturated carbocycles. The average molecular weight is 429 g/mol. The molecule has 0 aliphatic rings. The van der Waals surface area contributed by atoms with Crippen molar-refractivity contribution in [1.29, 1.82) is 0 Å². The number of nitrogens with one attached hydrogen (secondary N) is 2. The summed E-state index contributed by atoms with van der Waals surface area (Å²) in [6.45, 7) is -0.198. The Bertz CT molecular complexity index is 1050. The molecule has 3 rings (SSSR count). The number of thiophene rings is 1. The fourth-order valence-corrected chi connectivity index (χ4v) is 4.61. The van der Waals surface area contributed by atoms with Gasteiger partial charge in [-0.2, -0.15) is 0 Å². The van der Waals surface area contributed by atoms with Crippen molar-refractivity contribution in [2.75, 3.05) is 11.9 Å². The molecule has 1 aromatic carbocycles. The Morgan fingerprint density at radius 2 is 1.96 bits per heavy atom. The second kappa shape index (κ2) is 8.21. The number of sulfonamides is 1. The van der Waals surface area contributed by atoms with Crippen molar-refractivity contribution in [2.45, 2.75) is 11.3 Å². The van der Waals surface area contributed by atoms with E-state index in [-0.39, 0.29) is 13.0 Å². The number of halogens is 2. The van der Waals surface area contributed by atoms with E-state index in [1.165, 1.54) is 22.7 Å². The van der Waals surface area contributed by atoms with E-state index < -0.39 is 32.5 Å². The van der Waals surface area contributed by atoms with E-state index in [0.717, 1.165) is 22.7 Å². The summed E-state index contributed by atoms with van der Waals surface area (Å²) < 4.78 is 52.3. The molecule has 0 unspecified atom stereocenters. The Balaban J connectivity index is 1.52. The quantitative estimate of drug-likeness (QED) is 0.602. The highest BCUT2D eigenvalue weighted by atomic mass is 32.2. The molecule has 0 saturated heterocycles. The summed E-state index contributed by atoms with van der Waals surface area (Å²) in [7, 11) is -4.04.